The predicted octanol–water partition coefficient (Wildman–Crippen LogP) is 2.70. The van der Waals surface area contributed by atoms with Crippen LogP contribution in [0.5, 0.6) is 0 Å². The Bertz CT molecular complexity index is 415. The summed E-state index contributed by atoms with van der Waals surface area (Å²) in [6.45, 7) is 2.88. The van der Waals surface area contributed by atoms with E-state index >= 15 is 0 Å². The molecule has 0 radical (unpaired) electrons. The summed E-state index contributed by atoms with van der Waals surface area (Å²) in [6.07, 6.45) is 12.1. The van der Waals surface area contributed by atoms with Crippen LogP contribution in [0.3, 0.4) is 0 Å². The quantitative estimate of drug-likeness (QED) is 0.847. The van der Waals surface area contributed by atoms with Gasteiger partial charge in [0.2, 0.25) is 5.91 Å². The fourth-order valence-electron chi connectivity index (χ4n) is 3.63. The minimum Gasteiger partial charge on any atom is -0.343 e. The molecule has 1 amide bonds. The van der Waals surface area contributed by atoms with Crippen LogP contribution in [-0.2, 0) is 11.3 Å². The number of aromatic nitrogens is 2. The Morgan fingerprint density at radius 1 is 1.10 bits per heavy atom. The first-order valence-corrected chi connectivity index (χ1v) is 8.06. The summed E-state index contributed by atoms with van der Waals surface area (Å²) >= 11 is 0. The van der Waals surface area contributed by atoms with Crippen molar-refractivity contribution in [1.82, 2.24) is 14.7 Å². The van der Waals surface area contributed by atoms with Gasteiger partial charge in [0.1, 0.15) is 0 Å². The highest BCUT2D eigenvalue weighted by Gasteiger charge is 2.26. The molecule has 0 spiro atoms. The molecule has 0 bridgehead atoms. The van der Waals surface area contributed by atoms with Crippen LogP contribution in [0.1, 0.15) is 44.9 Å². The zero-order chi connectivity index (χ0) is 13.8. The van der Waals surface area contributed by atoms with Crippen molar-refractivity contribution >= 4 is 5.91 Å². The van der Waals surface area contributed by atoms with E-state index < -0.39 is 0 Å². The third kappa shape index (κ3) is 3.41. The van der Waals surface area contributed by atoms with Crippen LogP contribution < -0.4 is 0 Å². The van der Waals surface area contributed by atoms with Gasteiger partial charge in [0.05, 0.1) is 0 Å². The minimum absolute atomic E-state index is 0.398. The van der Waals surface area contributed by atoms with Gasteiger partial charge in [-0.3, -0.25) is 9.48 Å². The highest BCUT2D eigenvalue weighted by Crippen LogP contribution is 2.29. The number of carbonyl (C=O) groups is 1. The average Bonchev–Trinajstić information content (AvgIpc) is 3.13. The number of amides is 1. The maximum Gasteiger partial charge on any atom is 0.222 e. The standard InChI is InChI=1S/C16H25N3O/c20-16(12-14-4-1-2-5-14)18-10-6-15(7-11-18)13-19-9-3-8-17-19/h3,8-9,14-15H,1-2,4-7,10-13H2. The summed E-state index contributed by atoms with van der Waals surface area (Å²) in [5.41, 5.74) is 0. The molecule has 0 aromatic carbocycles. The number of hydrogen-bond donors (Lipinski definition) is 0. The number of piperidine rings is 1. The molecule has 2 aliphatic rings. The van der Waals surface area contributed by atoms with Gasteiger partial charge in [-0.25, -0.2) is 0 Å². The van der Waals surface area contributed by atoms with E-state index in [0.29, 0.717) is 17.7 Å². The lowest BCUT2D eigenvalue weighted by Crippen LogP contribution is -2.39. The molecule has 0 N–H and O–H groups in total. The second-order valence-corrected chi connectivity index (χ2v) is 6.41. The van der Waals surface area contributed by atoms with E-state index in [0.717, 1.165) is 38.9 Å². The van der Waals surface area contributed by atoms with Crippen molar-refractivity contribution in [1.29, 1.82) is 0 Å². The number of hydrogen-bond acceptors (Lipinski definition) is 2. The summed E-state index contributed by atoms with van der Waals surface area (Å²) in [5.74, 6) is 1.74. The maximum absolute atomic E-state index is 12.3. The molecule has 20 heavy (non-hydrogen) atoms. The Labute approximate surface area is 121 Å². The topological polar surface area (TPSA) is 38.1 Å². The largest absolute Gasteiger partial charge is 0.343 e. The molecule has 4 nitrogen and oxygen atoms in total. The SMILES string of the molecule is O=C(CC1CCCC1)N1CCC(Cn2cccn2)CC1. The summed E-state index contributed by atoms with van der Waals surface area (Å²) in [4.78, 5) is 14.4. The van der Waals surface area contributed by atoms with Crippen molar-refractivity contribution in [3.8, 4) is 0 Å². The van der Waals surface area contributed by atoms with Crippen LogP contribution >= 0.6 is 0 Å². The maximum atomic E-state index is 12.3. The summed E-state index contributed by atoms with van der Waals surface area (Å²) in [6, 6.07) is 1.97. The Morgan fingerprint density at radius 2 is 1.85 bits per heavy atom. The van der Waals surface area contributed by atoms with Gasteiger partial charge >= 0.3 is 0 Å². The Balaban J connectivity index is 1.42. The predicted molar refractivity (Wildman–Crippen MR) is 78.1 cm³/mol. The van der Waals surface area contributed by atoms with E-state index in [1.54, 1.807) is 0 Å². The lowest BCUT2D eigenvalue weighted by Gasteiger charge is -2.32. The molecule has 1 aliphatic carbocycles. The molecule has 1 saturated carbocycles. The smallest absolute Gasteiger partial charge is 0.222 e. The molecule has 3 rings (SSSR count). The van der Waals surface area contributed by atoms with Crippen molar-refractivity contribution in [2.75, 3.05) is 13.1 Å². The molecule has 4 heteroatoms. The molecule has 1 saturated heterocycles. The van der Waals surface area contributed by atoms with Crippen LogP contribution in [0.2, 0.25) is 0 Å². The van der Waals surface area contributed by atoms with Crippen molar-refractivity contribution in [2.45, 2.75) is 51.5 Å². The number of likely N-dealkylation sites (tertiary alicyclic amines) is 1. The van der Waals surface area contributed by atoms with Crippen LogP contribution in [-0.4, -0.2) is 33.7 Å². The van der Waals surface area contributed by atoms with Gasteiger partial charge < -0.3 is 4.90 Å². The monoisotopic (exact) mass is 275 g/mol. The molecule has 0 unspecified atom stereocenters. The van der Waals surface area contributed by atoms with Crippen LogP contribution in [0.15, 0.2) is 18.5 Å². The van der Waals surface area contributed by atoms with E-state index in [2.05, 4.69) is 10.00 Å². The Morgan fingerprint density at radius 3 is 2.50 bits per heavy atom. The number of carbonyl (C=O) groups excluding carboxylic acids is 1. The van der Waals surface area contributed by atoms with E-state index in [1.165, 1.54) is 25.7 Å². The minimum atomic E-state index is 0.398. The zero-order valence-electron chi connectivity index (χ0n) is 12.2. The van der Waals surface area contributed by atoms with Gasteiger partial charge in [0.25, 0.3) is 0 Å². The molecule has 2 fully saturated rings. The highest BCUT2D eigenvalue weighted by molar-refractivity contribution is 5.76. The first-order valence-electron chi connectivity index (χ1n) is 8.06. The average molecular weight is 275 g/mol. The second-order valence-electron chi connectivity index (χ2n) is 6.41. The molecule has 0 atom stereocenters. The molecule has 1 aromatic rings. The van der Waals surface area contributed by atoms with Crippen LogP contribution in [0, 0.1) is 11.8 Å². The lowest BCUT2D eigenvalue weighted by atomic mass is 9.95. The van der Waals surface area contributed by atoms with Crippen molar-refractivity contribution < 1.29 is 4.79 Å². The van der Waals surface area contributed by atoms with Gasteiger partial charge in [-0.1, -0.05) is 12.8 Å². The van der Waals surface area contributed by atoms with E-state index in [1.807, 2.05) is 23.1 Å². The van der Waals surface area contributed by atoms with Crippen molar-refractivity contribution in [3.63, 3.8) is 0 Å². The zero-order valence-corrected chi connectivity index (χ0v) is 12.2. The molecule has 110 valence electrons. The lowest BCUT2D eigenvalue weighted by molar-refractivity contribution is -0.133. The Kier molecular flexibility index (Phi) is 4.38. The van der Waals surface area contributed by atoms with E-state index in [-0.39, 0.29) is 0 Å². The van der Waals surface area contributed by atoms with E-state index in [4.69, 9.17) is 0 Å². The third-order valence-electron chi connectivity index (χ3n) is 4.91. The van der Waals surface area contributed by atoms with Gasteiger partial charge in [0, 0.05) is 38.4 Å². The normalized spacial score (nSPS) is 21.5. The van der Waals surface area contributed by atoms with Gasteiger partial charge in [-0.05, 0) is 43.6 Å². The van der Waals surface area contributed by atoms with E-state index in [9.17, 15) is 4.79 Å². The fraction of sp³-hybridized carbons (Fsp3) is 0.750. The van der Waals surface area contributed by atoms with Crippen molar-refractivity contribution in [3.05, 3.63) is 18.5 Å². The summed E-state index contributed by atoms with van der Waals surface area (Å²) in [7, 11) is 0. The fourth-order valence-corrected chi connectivity index (χ4v) is 3.63. The number of rotatable bonds is 4. The summed E-state index contributed by atoms with van der Waals surface area (Å²) < 4.78 is 2.01. The molecule has 1 aliphatic heterocycles. The Hall–Kier alpha value is -1.32. The summed E-state index contributed by atoms with van der Waals surface area (Å²) in [5, 5.41) is 4.27. The van der Waals surface area contributed by atoms with Gasteiger partial charge in [-0.15, -0.1) is 0 Å². The van der Waals surface area contributed by atoms with Crippen LogP contribution in [0.25, 0.3) is 0 Å². The molecular formula is C16H25N3O. The third-order valence-corrected chi connectivity index (χ3v) is 4.91. The van der Waals surface area contributed by atoms with Gasteiger partial charge in [-0.2, -0.15) is 5.10 Å². The molecule has 1 aromatic heterocycles. The number of nitrogens with zero attached hydrogens (tertiary/aromatic N) is 3. The first-order chi connectivity index (χ1) is 9.81. The first kappa shape index (κ1) is 13.7. The molecule has 2 heterocycles. The second kappa shape index (κ2) is 6.42. The van der Waals surface area contributed by atoms with Crippen molar-refractivity contribution in [2.24, 2.45) is 11.8 Å². The molecular weight excluding hydrogens is 250 g/mol. The van der Waals surface area contributed by atoms with Gasteiger partial charge in [0.15, 0.2) is 0 Å². The van der Waals surface area contributed by atoms with Crippen LogP contribution in [0.4, 0.5) is 0 Å². The highest BCUT2D eigenvalue weighted by atomic mass is 16.2.